The molecule has 0 unspecified atom stereocenters. The molecule has 0 spiro atoms. The second kappa shape index (κ2) is 7.07. The fraction of sp³-hybridized carbons (Fsp3) is 0.462. The van der Waals surface area contributed by atoms with Crippen LogP contribution in [0.1, 0.15) is 11.1 Å². The van der Waals surface area contributed by atoms with Crippen LogP contribution in [-0.2, 0) is 17.1 Å². The Morgan fingerprint density at radius 1 is 1.09 bits per heavy atom. The molecule has 0 aliphatic rings. The maximum atomic E-state index is 12.6. The number of halogens is 6. The molecule has 1 amide bonds. The molecule has 0 bridgehead atoms. The van der Waals surface area contributed by atoms with E-state index in [1.807, 2.05) is 0 Å². The van der Waals surface area contributed by atoms with Gasteiger partial charge in [-0.3, -0.25) is 4.79 Å². The zero-order valence-corrected chi connectivity index (χ0v) is 11.8. The van der Waals surface area contributed by atoms with Gasteiger partial charge >= 0.3 is 12.4 Å². The summed E-state index contributed by atoms with van der Waals surface area (Å²) in [5.41, 5.74) is -3.06. The highest BCUT2D eigenvalue weighted by molar-refractivity contribution is 5.77. The van der Waals surface area contributed by atoms with Gasteiger partial charge in [-0.05, 0) is 18.2 Å². The zero-order chi connectivity index (χ0) is 17.8. The molecule has 0 atom stereocenters. The standard InChI is InChI=1S/C13H13F6NO3/c1-20(2-3-21)11(22)7-23-10-5-8(12(14,15)16)4-9(6-10)13(17,18)19/h4-6,21H,2-3,7H2,1H3. The van der Waals surface area contributed by atoms with Crippen molar-refractivity contribution in [2.24, 2.45) is 0 Å². The van der Waals surface area contributed by atoms with Crippen molar-refractivity contribution in [3.05, 3.63) is 29.3 Å². The van der Waals surface area contributed by atoms with Crippen LogP contribution in [-0.4, -0.2) is 42.7 Å². The number of nitrogens with zero attached hydrogens (tertiary/aromatic N) is 1. The first-order valence-electron chi connectivity index (χ1n) is 6.22. The summed E-state index contributed by atoms with van der Waals surface area (Å²) in [5, 5.41) is 8.64. The lowest BCUT2D eigenvalue weighted by molar-refractivity contribution is -0.143. The van der Waals surface area contributed by atoms with E-state index >= 15 is 0 Å². The van der Waals surface area contributed by atoms with Crippen molar-refractivity contribution < 1.29 is 41.0 Å². The van der Waals surface area contributed by atoms with Crippen molar-refractivity contribution in [2.45, 2.75) is 12.4 Å². The Hall–Kier alpha value is -1.97. The van der Waals surface area contributed by atoms with Crippen molar-refractivity contribution in [1.29, 1.82) is 0 Å². The van der Waals surface area contributed by atoms with Crippen LogP contribution in [0.2, 0.25) is 0 Å². The lowest BCUT2D eigenvalue weighted by atomic mass is 10.1. The van der Waals surface area contributed by atoms with Gasteiger partial charge in [-0.2, -0.15) is 26.3 Å². The number of benzene rings is 1. The van der Waals surface area contributed by atoms with Crippen LogP contribution in [0.4, 0.5) is 26.3 Å². The number of alkyl halides is 6. The van der Waals surface area contributed by atoms with Crippen LogP contribution in [0.5, 0.6) is 5.75 Å². The summed E-state index contributed by atoms with van der Waals surface area (Å²) in [6, 6.07) is 0.732. The SMILES string of the molecule is CN(CCO)C(=O)COc1cc(C(F)(F)F)cc(C(F)(F)F)c1. The predicted octanol–water partition coefficient (Wildman–Crippen LogP) is 2.55. The number of hydrogen-bond donors (Lipinski definition) is 1. The van der Waals surface area contributed by atoms with Crippen molar-refractivity contribution >= 4 is 5.91 Å². The van der Waals surface area contributed by atoms with E-state index in [2.05, 4.69) is 0 Å². The van der Waals surface area contributed by atoms with Gasteiger partial charge in [-0.1, -0.05) is 0 Å². The maximum Gasteiger partial charge on any atom is 0.416 e. The van der Waals surface area contributed by atoms with Crippen LogP contribution in [0, 0.1) is 0 Å². The molecule has 23 heavy (non-hydrogen) atoms. The number of likely N-dealkylation sites (N-methyl/N-ethyl adjacent to an activating group) is 1. The minimum Gasteiger partial charge on any atom is -0.484 e. The minimum atomic E-state index is -4.99. The molecule has 0 aliphatic heterocycles. The summed E-state index contributed by atoms with van der Waals surface area (Å²) in [4.78, 5) is 12.5. The number of hydrogen-bond acceptors (Lipinski definition) is 3. The molecule has 130 valence electrons. The molecule has 1 N–H and O–H groups in total. The van der Waals surface area contributed by atoms with E-state index in [0.717, 1.165) is 4.90 Å². The molecule has 0 heterocycles. The van der Waals surface area contributed by atoms with E-state index in [1.165, 1.54) is 7.05 Å². The van der Waals surface area contributed by atoms with Crippen LogP contribution in [0.25, 0.3) is 0 Å². The van der Waals surface area contributed by atoms with Gasteiger partial charge in [0, 0.05) is 13.6 Å². The smallest absolute Gasteiger partial charge is 0.416 e. The molecule has 1 rings (SSSR count). The van der Waals surface area contributed by atoms with Crippen molar-refractivity contribution in [2.75, 3.05) is 26.8 Å². The van der Waals surface area contributed by atoms with Gasteiger partial charge in [0.05, 0.1) is 17.7 Å². The molecule has 1 aromatic rings. The molecule has 10 heteroatoms. The first-order valence-corrected chi connectivity index (χ1v) is 6.22. The fourth-order valence-corrected chi connectivity index (χ4v) is 1.54. The lowest BCUT2D eigenvalue weighted by Gasteiger charge is -2.17. The fourth-order valence-electron chi connectivity index (χ4n) is 1.54. The minimum absolute atomic E-state index is 0.0352. The van der Waals surface area contributed by atoms with Crippen LogP contribution >= 0.6 is 0 Å². The van der Waals surface area contributed by atoms with Crippen molar-refractivity contribution in [3.63, 3.8) is 0 Å². The van der Waals surface area contributed by atoms with E-state index in [4.69, 9.17) is 9.84 Å². The summed E-state index contributed by atoms with van der Waals surface area (Å²) in [7, 11) is 1.30. The van der Waals surface area contributed by atoms with E-state index < -0.39 is 41.7 Å². The first-order chi connectivity index (χ1) is 10.4. The second-order valence-corrected chi connectivity index (χ2v) is 4.57. The molecule has 1 aromatic carbocycles. The number of aliphatic hydroxyl groups excluding tert-OH is 1. The van der Waals surface area contributed by atoms with Gasteiger partial charge < -0.3 is 14.7 Å². The summed E-state index contributed by atoms with van der Waals surface area (Å²) in [6.07, 6.45) is -9.98. The zero-order valence-electron chi connectivity index (χ0n) is 11.8. The maximum absolute atomic E-state index is 12.6. The Morgan fingerprint density at radius 3 is 1.96 bits per heavy atom. The van der Waals surface area contributed by atoms with Crippen LogP contribution in [0.15, 0.2) is 18.2 Å². The van der Waals surface area contributed by atoms with Crippen molar-refractivity contribution in [1.82, 2.24) is 4.90 Å². The van der Waals surface area contributed by atoms with E-state index in [0.29, 0.717) is 12.1 Å². The Labute approximate surface area is 127 Å². The number of rotatable bonds is 5. The summed E-state index contributed by atoms with van der Waals surface area (Å²) in [6.45, 7) is -1.14. The van der Waals surface area contributed by atoms with Crippen LogP contribution < -0.4 is 4.74 Å². The Kier molecular flexibility index (Phi) is 5.86. The third-order valence-electron chi connectivity index (χ3n) is 2.78. The molecule has 0 aromatic heterocycles. The van der Waals surface area contributed by atoms with Crippen molar-refractivity contribution in [3.8, 4) is 5.75 Å². The Bertz CT molecular complexity index is 523. The molecular weight excluding hydrogens is 332 g/mol. The average Bonchev–Trinajstić information content (AvgIpc) is 2.42. The largest absolute Gasteiger partial charge is 0.484 e. The molecule has 4 nitrogen and oxygen atoms in total. The summed E-state index contributed by atoms with van der Waals surface area (Å²) < 4.78 is 80.6. The van der Waals surface area contributed by atoms with E-state index in [-0.39, 0.29) is 19.2 Å². The Morgan fingerprint density at radius 2 is 1.57 bits per heavy atom. The number of aliphatic hydroxyl groups is 1. The number of ether oxygens (including phenoxy) is 1. The molecule has 0 saturated heterocycles. The normalized spacial score (nSPS) is 12.2. The lowest BCUT2D eigenvalue weighted by Crippen LogP contribution is -2.33. The molecule has 0 radical (unpaired) electrons. The quantitative estimate of drug-likeness (QED) is 0.835. The molecule has 0 fully saturated rings. The third-order valence-corrected chi connectivity index (χ3v) is 2.78. The Balaban J connectivity index is 3.00. The average molecular weight is 345 g/mol. The molecule has 0 aliphatic carbocycles. The highest BCUT2D eigenvalue weighted by Crippen LogP contribution is 2.38. The molecular formula is C13H13F6NO3. The van der Waals surface area contributed by atoms with Gasteiger partial charge in [-0.25, -0.2) is 0 Å². The van der Waals surface area contributed by atoms with Gasteiger partial charge in [0.25, 0.3) is 5.91 Å². The predicted molar refractivity (Wildman–Crippen MR) is 66.7 cm³/mol. The third kappa shape index (κ3) is 5.62. The topological polar surface area (TPSA) is 49.8 Å². The number of carbonyl (C=O) groups is 1. The van der Waals surface area contributed by atoms with E-state index in [1.54, 1.807) is 0 Å². The number of carbonyl (C=O) groups excluding carboxylic acids is 1. The van der Waals surface area contributed by atoms with Gasteiger partial charge in [0.2, 0.25) is 0 Å². The number of amides is 1. The van der Waals surface area contributed by atoms with Gasteiger partial charge in [-0.15, -0.1) is 0 Å². The highest BCUT2D eigenvalue weighted by atomic mass is 19.4. The second-order valence-electron chi connectivity index (χ2n) is 4.57. The van der Waals surface area contributed by atoms with Gasteiger partial charge in [0.15, 0.2) is 6.61 Å². The summed E-state index contributed by atoms with van der Waals surface area (Å²) in [5.74, 6) is -1.43. The monoisotopic (exact) mass is 345 g/mol. The molecule has 0 saturated carbocycles. The van der Waals surface area contributed by atoms with Crippen LogP contribution in [0.3, 0.4) is 0 Å². The van der Waals surface area contributed by atoms with E-state index in [9.17, 15) is 31.1 Å². The highest BCUT2D eigenvalue weighted by Gasteiger charge is 2.37. The first kappa shape index (κ1) is 19.1. The van der Waals surface area contributed by atoms with Gasteiger partial charge in [0.1, 0.15) is 5.75 Å². The summed E-state index contributed by atoms with van der Waals surface area (Å²) >= 11 is 0.